The van der Waals surface area contributed by atoms with Crippen LogP contribution in [0.15, 0.2) is 18.3 Å². The fourth-order valence-electron chi connectivity index (χ4n) is 1.86. The molecule has 0 radical (unpaired) electrons. The van der Waals surface area contributed by atoms with Crippen LogP contribution in [0.25, 0.3) is 15.7 Å². The average Bonchev–Trinajstić information content (AvgIpc) is 2.81. The topological polar surface area (TPSA) is 56.3 Å². The SMILES string of the molecule is O=C=O.[C-]#[N+]c1cc2cnn(CCCCC)c2cc1Cl. The highest BCUT2D eigenvalue weighted by atomic mass is 35.5. The van der Waals surface area contributed by atoms with Gasteiger partial charge in [0.15, 0.2) is 0 Å². The van der Waals surface area contributed by atoms with Gasteiger partial charge in [-0.2, -0.15) is 14.7 Å². The van der Waals surface area contributed by atoms with E-state index < -0.39 is 0 Å². The maximum atomic E-state index is 8.12. The third-order valence-corrected chi connectivity index (χ3v) is 3.11. The maximum absolute atomic E-state index is 8.12. The summed E-state index contributed by atoms with van der Waals surface area (Å²) in [6.07, 6.45) is 5.57. The number of aryl methyl sites for hydroxylation is 1. The zero-order valence-electron chi connectivity index (χ0n) is 11.1. The van der Waals surface area contributed by atoms with Crippen LogP contribution in [0.1, 0.15) is 26.2 Å². The lowest BCUT2D eigenvalue weighted by Crippen LogP contribution is -1.99. The zero-order chi connectivity index (χ0) is 15.0. The minimum Gasteiger partial charge on any atom is -0.265 e. The maximum Gasteiger partial charge on any atom is 0.373 e. The Bertz CT molecular complexity index is 652. The largest absolute Gasteiger partial charge is 0.373 e. The molecular weight excluding hydrogens is 278 g/mol. The van der Waals surface area contributed by atoms with Crippen molar-refractivity contribution in [2.75, 3.05) is 0 Å². The summed E-state index contributed by atoms with van der Waals surface area (Å²) in [5.41, 5.74) is 1.51. The van der Waals surface area contributed by atoms with E-state index in [0.717, 1.165) is 23.9 Å². The normalized spacial score (nSPS) is 9.45. The van der Waals surface area contributed by atoms with Crippen molar-refractivity contribution in [3.8, 4) is 0 Å². The van der Waals surface area contributed by atoms with Crippen molar-refractivity contribution in [3.05, 3.63) is 34.8 Å². The van der Waals surface area contributed by atoms with E-state index in [-0.39, 0.29) is 6.15 Å². The van der Waals surface area contributed by atoms with Gasteiger partial charge >= 0.3 is 6.15 Å². The zero-order valence-corrected chi connectivity index (χ0v) is 11.9. The van der Waals surface area contributed by atoms with E-state index in [1.54, 1.807) is 12.3 Å². The molecule has 5 nitrogen and oxygen atoms in total. The molecule has 0 fully saturated rings. The summed E-state index contributed by atoms with van der Waals surface area (Å²) in [7, 11) is 0. The van der Waals surface area contributed by atoms with E-state index in [9.17, 15) is 0 Å². The minimum atomic E-state index is 0.250. The van der Waals surface area contributed by atoms with Gasteiger partial charge in [-0.3, -0.25) is 4.68 Å². The van der Waals surface area contributed by atoms with Gasteiger partial charge in [0.1, 0.15) is 0 Å². The van der Waals surface area contributed by atoms with Gasteiger partial charge in [-0.25, -0.2) is 4.85 Å². The molecule has 6 heteroatoms. The molecule has 1 heterocycles. The van der Waals surface area contributed by atoms with Crippen LogP contribution in [0.5, 0.6) is 0 Å². The first-order valence-corrected chi connectivity index (χ1v) is 6.57. The lowest BCUT2D eigenvalue weighted by atomic mass is 10.2. The third-order valence-electron chi connectivity index (χ3n) is 2.80. The molecule has 0 saturated heterocycles. The van der Waals surface area contributed by atoms with Gasteiger partial charge in [-0.1, -0.05) is 31.4 Å². The van der Waals surface area contributed by atoms with Gasteiger partial charge in [-0.15, -0.1) is 0 Å². The third kappa shape index (κ3) is 3.92. The molecule has 0 amide bonds. The molecule has 0 atom stereocenters. The summed E-state index contributed by atoms with van der Waals surface area (Å²) in [6, 6.07) is 3.64. The molecule has 0 unspecified atom stereocenters. The number of carbonyl (C=O) groups excluding carboxylic acids is 2. The molecule has 104 valence electrons. The number of unbranched alkanes of at least 4 members (excludes halogenated alkanes) is 2. The second-order valence-electron chi connectivity index (χ2n) is 4.13. The van der Waals surface area contributed by atoms with Crippen molar-refractivity contribution in [2.45, 2.75) is 32.7 Å². The highest BCUT2D eigenvalue weighted by Crippen LogP contribution is 2.30. The van der Waals surface area contributed by atoms with Gasteiger partial charge in [0.2, 0.25) is 5.69 Å². The van der Waals surface area contributed by atoms with Crippen molar-refractivity contribution < 1.29 is 9.59 Å². The summed E-state index contributed by atoms with van der Waals surface area (Å²) < 4.78 is 1.96. The predicted molar refractivity (Wildman–Crippen MR) is 75.5 cm³/mol. The van der Waals surface area contributed by atoms with Crippen LogP contribution in [0.2, 0.25) is 5.02 Å². The molecule has 1 aromatic heterocycles. The first kappa shape index (κ1) is 15.9. The van der Waals surface area contributed by atoms with Gasteiger partial charge in [0, 0.05) is 17.0 Å². The Morgan fingerprint density at radius 1 is 1.40 bits per heavy atom. The van der Waals surface area contributed by atoms with E-state index in [0.29, 0.717) is 10.7 Å². The van der Waals surface area contributed by atoms with Gasteiger partial charge in [0.05, 0.1) is 18.3 Å². The second kappa shape index (κ2) is 8.11. The molecule has 1 aromatic carbocycles. The molecule has 0 saturated carbocycles. The van der Waals surface area contributed by atoms with E-state index in [1.807, 2.05) is 10.7 Å². The van der Waals surface area contributed by atoms with Crippen molar-refractivity contribution in [1.82, 2.24) is 9.78 Å². The summed E-state index contributed by atoms with van der Waals surface area (Å²) in [5, 5.41) is 5.83. The Hall–Kier alpha value is -2.15. The van der Waals surface area contributed by atoms with Crippen LogP contribution in [-0.2, 0) is 16.1 Å². The summed E-state index contributed by atoms with van der Waals surface area (Å²) in [6.45, 7) is 10.1. The van der Waals surface area contributed by atoms with Crippen LogP contribution >= 0.6 is 11.6 Å². The van der Waals surface area contributed by atoms with E-state index in [4.69, 9.17) is 27.8 Å². The van der Waals surface area contributed by atoms with Crippen LogP contribution in [0, 0.1) is 6.57 Å². The molecule has 0 N–H and O–H groups in total. The van der Waals surface area contributed by atoms with Crippen LogP contribution in [0.4, 0.5) is 5.69 Å². The molecule has 20 heavy (non-hydrogen) atoms. The molecule has 2 rings (SSSR count). The molecule has 0 aliphatic carbocycles. The smallest absolute Gasteiger partial charge is 0.265 e. The van der Waals surface area contributed by atoms with E-state index in [1.165, 1.54) is 12.8 Å². The number of hydrogen-bond acceptors (Lipinski definition) is 3. The molecule has 0 aliphatic heterocycles. The van der Waals surface area contributed by atoms with E-state index in [2.05, 4.69) is 16.9 Å². The van der Waals surface area contributed by atoms with Crippen LogP contribution in [0.3, 0.4) is 0 Å². The Morgan fingerprint density at radius 2 is 2.10 bits per heavy atom. The van der Waals surface area contributed by atoms with Gasteiger partial charge in [0.25, 0.3) is 0 Å². The lowest BCUT2D eigenvalue weighted by Gasteiger charge is -2.03. The minimum absolute atomic E-state index is 0.250. The highest BCUT2D eigenvalue weighted by Gasteiger charge is 2.07. The lowest BCUT2D eigenvalue weighted by molar-refractivity contribution is -0.191. The quantitative estimate of drug-likeness (QED) is 0.635. The monoisotopic (exact) mass is 291 g/mol. The predicted octanol–water partition coefficient (Wildman–Crippen LogP) is 3.85. The molecule has 2 aromatic rings. The number of rotatable bonds is 4. The highest BCUT2D eigenvalue weighted by molar-refractivity contribution is 6.34. The molecule has 0 aliphatic rings. The van der Waals surface area contributed by atoms with Crippen molar-refractivity contribution in [3.63, 3.8) is 0 Å². The number of halogens is 1. The summed E-state index contributed by atoms with van der Waals surface area (Å²) in [5.74, 6) is 0. The number of benzene rings is 1. The van der Waals surface area contributed by atoms with Crippen molar-refractivity contribution in [1.29, 1.82) is 0 Å². The Morgan fingerprint density at radius 3 is 2.70 bits per heavy atom. The van der Waals surface area contributed by atoms with Crippen molar-refractivity contribution >= 4 is 34.3 Å². The van der Waals surface area contributed by atoms with Crippen LogP contribution < -0.4 is 0 Å². The van der Waals surface area contributed by atoms with Gasteiger partial charge < -0.3 is 0 Å². The Labute approximate surface area is 122 Å². The summed E-state index contributed by atoms with van der Waals surface area (Å²) in [4.78, 5) is 19.6. The Balaban J connectivity index is 0.000000612. The second-order valence-corrected chi connectivity index (χ2v) is 4.54. The number of aromatic nitrogens is 2. The fraction of sp³-hybridized carbons (Fsp3) is 0.357. The standard InChI is InChI=1S/C13H14ClN3.CO2/c1-3-4-5-6-17-13-8-11(14)12(15-2)7-10(13)9-16-17;2-1-3/h7-9H,3-6H2,1H3;. The average molecular weight is 292 g/mol. The molecule has 0 spiro atoms. The van der Waals surface area contributed by atoms with Gasteiger partial charge in [-0.05, 0) is 18.6 Å². The van der Waals surface area contributed by atoms with Crippen LogP contribution in [-0.4, -0.2) is 15.9 Å². The first-order chi connectivity index (χ1) is 9.67. The summed E-state index contributed by atoms with van der Waals surface area (Å²) >= 11 is 6.04. The fourth-order valence-corrected chi connectivity index (χ4v) is 2.06. The number of hydrogen-bond donors (Lipinski definition) is 0. The molecule has 0 bridgehead atoms. The number of fused-ring (bicyclic) bond motifs is 1. The van der Waals surface area contributed by atoms with Crippen molar-refractivity contribution in [2.24, 2.45) is 0 Å². The first-order valence-electron chi connectivity index (χ1n) is 6.19. The Kier molecular flexibility index (Phi) is 6.45. The molecular formula is C14H14ClN3O2. The number of nitrogens with zero attached hydrogens (tertiary/aromatic N) is 3. The van der Waals surface area contributed by atoms with E-state index >= 15 is 0 Å².